The summed E-state index contributed by atoms with van der Waals surface area (Å²) in [6, 6.07) is 12.3. The molecule has 2 aromatic rings. The van der Waals surface area contributed by atoms with Crippen molar-refractivity contribution in [2.75, 3.05) is 33.4 Å². The Labute approximate surface area is 167 Å². The molecule has 28 heavy (non-hydrogen) atoms. The molecule has 0 aliphatic rings. The van der Waals surface area contributed by atoms with E-state index in [-0.39, 0.29) is 12.4 Å². The van der Waals surface area contributed by atoms with Gasteiger partial charge >= 0.3 is 0 Å². The first kappa shape index (κ1) is 22.1. The maximum Gasteiger partial charge on any atom is 0.161 e. The maximum absolute atomic E-state index is 13.2. The lowest BCUT2D eigenvalue weighted by Gasteiger charge is -2.22. The van der Waals surface area contributed by atoms with Crippen molar-refractivity contribution < 1.29 is 19.0 Å². The molecule has 154 valence electrons. The second-order valence-corrected chi connectivity index (χ2v) is 6.67. The maximum atomic E-state index is 13.2. The van der Waals surface area contributed by atoms with Gasteiger partial charge in [-0.15, -0.1) is 0 Å². The summed E-state index contributed by atoms with van der Waals surface area (Å²) in [6.45, 7) is 7.88. The molecule has 0 saturated carbocycles. The summed E-state index contributed by atoms with van der Waals surface area (Å²) in [7, 11) is 1.59. The van der Waals surface area contributed by atoms with Crippen LogP contribution in [0.15, 0.2) is 42.5 Å². The topological polar surface area (TPSA) is 54.0 Å². The lowest BCUT2D eigenvalue weighted by molar-refractivity contribution is 0.0705. The second kappa shape index (κ2) is 11.6. The van der Waals surface area contributed by atoms with Gasteiger partial charge in [-0.05, 0) is 48.5 Å². The molecule has 0 bridgehead atoms. The molecule has 1 unspecified atom stereocenters. The number of hydrogen-bond donors (Lipinski definition) is 2. The normalized spacial score (nSPS) is 12.2. The van der Waals surface area contributed by atoms with Crippen LogP contribution in [0.25, 0.3) is 0 Å². The van der Waals surface area contributed by atoms with E-state index in [0.717, 1.165) is 24.2 Å². The minimum absolute atomic E-state index is 0.201. The number of aliphatic hydroxyl groups excluding tert-OH is 1. The van der Waals surface area contributed by atoms with Crippen molar-refractivity contribution >= 4 is 0 Å². The molecule has 2 N–H and O–H groups in total. The van der Waals surface area contributed by atoms with E-state index in [1.165, 1.54) is 12.1 Å². The molecule has 2 aromatic carbocycles. The number of aliphatic hydroxyl groups is 1. The molecule has 0 heterocycles. The van der Waals surface area contributed by atoms with Gasteiger partial charge in [-0.1, -0.05) is 32.0 Å². The van der Waals surface area contributed by atoms with Crippen molar-refractivity contribution in [3.63, 3.8) is 0 Å². The van der Waals surface area contributed by atoms with E-state index in [0.29, 0.717) is 31.1 Å². The summed E-state index contributed by atoms with van der Waals surface area (Å²) in [5.74, 6) is 0.998. The lowest BCUT2D eigenvalue weighted by atomic mass is 10.2. The summed E-state index contributed by atoms with van der Waals surface area (Å²) < 4.78 is 24.4. The van der Waals surface area contributed by atoms with E-state index in [1.54, 1.807) is 13.2 Å². The van der Waals surface area contributed by atoms with E-state index in [2.05, 4.69) is 24.1 Å². The molecule has 1 atom stereocenters. The number of benzene rings is 2. The number of methoxy groups -OCH3 is 1. The number of ether oxygens (including phenoxy) is 2. The molecular weight excluding hydrogens is 359 g/mol. The molecule has 2 rings (SSSR count). The van der Waals surface area contributed by atoms with Crippen LogP contribution in [0.2, 0.25) is 0 Å². The molecular formula is C22H31FN2O3. The number of halogens is 1. The highest BCUT2D eigenvalue weighted by Crippen LogP contribution is 2.28. The van der Waals surface area contributed by atoms with Crippen LogP contribution in [0.4, 0.5) is 4.39 Å². The van der Waals surface area contributed by atoms with E-state index >= 15 is 0 Å². The van der Waals surface area contributed by atoms with Crippen molar-refractivity contribution in [3.8, 4) is 11.5 Å². The highest BCUT2D eigenvalue weighted by atomic mass is 19.1. The Morgan fingerprint density at radius 2 is 1.75 bits per heavy atom. The van der Waals surface area contributed by atoms with Gasteiger partial charge in [0, 0.05) is 19.6 Å². The van der Waals surface area contributed by atoms with Gasteiger partial charge in [0.15, 0.2) is 11.5 Å². The van der Waals surface area contributed by atoms with Crippen LogP contribution >= 0.6 is 0 Å². The Bertz CT molecular complexity index is 723. The van der Waals surface area contributed by atoms with Crippen LogP contribution < -0.4 is 14.8 Å². The van der Waals surface area contributed by atoms with Crippen LogP contribution in [-0.4, -0.2) is 49.5 Å². The zero-order valence-electron chi connectivity index (χ0n) is 17.0. The highest BCUT2D eigenvalue weighted by Gasteiger charge is 2.12. The molecule has 6 heteroatoms. The Morgan fingerprint density at radius 1 is 1.04 bits per heavy atom. The lowest BCUT2D eigenvalue weighted by Crippen LogP contribution is -2.35. The monoisotopic (exact) mass is 390 g/mol. The van der Waals surface area contributed by atoms with Crippen molar-refractivity contribution in [3.05, 3.63) is 59.4 Å². The van der Waals surface area contributed by atoms with Crippen LogP contribution in [0.1, 0.15) is 25.0 Å². The van der Waals surface area contributed by atoms with E-state index in [4.69, 9.17) is 9.47 Å². The van der Waals surface area contributed by atoms with Crippen molar-refractivity contribution in [2.45, 2.75) is 33.0 Å². The summed E-state index contributed by atoms with van der Waals surface area (Å²) in [5, 5.41) is 13.5. The molecule has 0 aromatic heterocycles. The fourth-order valence-corrected chi connectivity index (χ4v) is 2.96. The quantitative estimate of drug-likeness (QED) is 0.583. The molecule has 0 aliphatic carbocycles. The molecule has 0 aliphatic heterocycles. The second-order valence-electron chi connectivity index (χ2n) is 6.67. The summed E-state index contributed by atoms with van der Waals surface area (Å²) in [4.78, 5) is 2.15. The van der Waals surface area contributed by atoms with E-state index in [1.807, 2.05) is 24.3 Å². The molecule has 0 radical (unpaired) electrons. The van der Waals surface area contributed by atoms with Crippen molar-refractivity contribution in [1.29, 1.82) is 0 Å². The highest BCUT2D eigenvalue weighted by molar-refractivity contribution is 5.43. The summed E-state index contributed by atoms with van der Waals surface area (Å²) in [5.41, 5.74) is 1.91. The largest absolute Gasteiger partial charge is 0.493 e. The third kappa shape index (κ3) is 7.11. The van der Waals surface area contributed by atoms with Crippen LogP contribution in [0.5, 0.6) is 11.5 Å². The number of hydrogen-bond acceptors (Lipinski definition) is 5. The number of nitrogens with zero attached hydrogens (tertiary/aromatic N) is 1. The number of likely N-dealkylation sites (N-methyl/N-ethyl adjacent to an activating group) is 1. The first-order chi connectivity index (χ1) is 13.5. The molecule has 5 nitrogen and oxygen atoms in total. The third-order valence-electron chi connectivity index (χ3n) is 4.57. The standard InChI is InChI=1S/C22H31FN2O3/c1-4-25(5-2)15-20(26)16-28-22-12-18(9-10-21(22)27-3)14-24-13-17-7-6-8-19(23)11-17/h6-12,20,24,26H,4-5,13-16H2,1-3H3. The van der Waals surface area contributed by atoms with Crippen molar-refractivity contribution in [1.82, 2.24) is 10.2 Å². The summed E-state index contributed by atoms with van der Waals surface area (Å²) in [6.07, 6.45) is -0.570. The van der Waals surface area contributed by atoms with Gasteiger partial charge in [-0.3, -0.25) is 0 Å². The zero-order valence-corrected chi connectivity index (χ0v) is 17.0. The Balaban J connectivity index is 1.91. The van der Waals surface area contributed by atoms with Gasteiger partial charge in [-0.2, -0.15) is 0 Å². The van der Waals surface area contributed by atoms with Crippen LogP contribution in [0, 0.1) is 5.82 Å². The Hall–Kier alpha value is -2.15. The van der Waals surface area contributed by atoms with Gasteiger partial charge in [-0.25, -0.2) is 4.39 Å². The first-order valence-corrected chi connectivity index (χ1v) is 9.71. The van der Waals surface area contributed by atoms with E-state index in [9.17, 15) is 9.50 Å². The zero-order chi connectivity index (χ0) is 20.4. The van der Waals surface area contributed by atoms with E-state index < -0.39 is 6.10 Å². The fourth-order valence-electron chi connectivity index (χ4n) is 2.96. The molecule has 0 fully saturated rings. The Morgan fingerprint density at radius 3 is 2.39 bits per heavy atom. The first-order valence-electron chi connectivity index (χ1n) is 9.71. The fraction of sp³-hybridized carbons (Fsp3) is 0.455. The van der Waals surface area contributed by atoms with Crippen LogP contribution in [0.3, 0.4) is 0 Å². The van der Waals surface area contributed by atoms with Crippen molar-refractivity contribution in [2.24, 2.45) is 0 Å². The predicted octanol–water partition coefficient (Wildman–Crippen LogP) is 3.21. The van der Waals surface area contributed by atoms with Gasteiger partial charge in [0.1, 0.15) is 18.5 Å². The Kier molecular flexibility index (Phi) is 9.20. The van der Waals surface area contributed by atoms with Gasteiger partial charge in [0.05, 0.1) is 7.11 Å². The van der Waals surface area contributed by atoms with Gasteiger partial charge in [0.25, 0.3) is 0 Å². The minimum Gasteiger partial charge on any atom is -0.493 e. The minimum atomic E-state index is -0.570. The van der Waals surface area contributed by atoms with Gasteiger partial charge < -0.3 is 24.8 Å². The predicted molar refractivity (Wildman–Crippen MR) is 109 cm³/mol. The molecule has 0 spiro atoms. The number of nitrogens with one attached hydrogen (secondary N) is 1. The average Bonchev–Trinajstić information content (AvgIpc) is 2.70. The average molecular weight is 390 g/mol. The molecule has 0 saturated heterocycles. The SMILES string of the molecule is CCN(CC)CC(O)COc1cc(CNCc2cccc(F)c2)ccc1OC. The summed E-state index contributed by atoms with van der Waals surface area (Å²) >= 11 is 0. The number of rotatable bonds is 12. The molecule has 0 amide bonds. The smallest absolute Gasteiger partial charge is 0.161 e. The van der Waals surface area contributed by atoms with Crippen LogP contribution in [-0.2, 0) is 13.1 Å². The third-order valence-corrected chi connectivity index (χ3v) is 4.57. The van der Waals surface area contributed by atoms with Gasteiger partial charge in [0.2, 0.25) is 0 Å².